The molecule has 0 heterocycles. The van der Waals surface area contributed by atoms with Crippen molar-refractivity contribution in [2.24, 2.45) is 0 Å². The van der Waals surface area contributed by atoms with Crippen LogP contribution in [0, 0.1) is 13.8 Å². The second kappa shape index (κ2) is 9.11. The number of hydrogen-bond acceptors (Lipinski definition) is 4. The van der Waals surface area contributed by atoms with E-state index in [1.807, 2.05) is 50.3 Å². The molecule has 0 spiro atoms. The summed E-state index contributed by atoms with van der Waals surface area (Å²) in [6.07, 6.45) is 4.09. The lowest BCUT2D eigenvalue weighted by molar-refractivity contribution is 0.200. The Hall–Kier alpha value is -2.30. The average molecular weight is 328 g/mol. The van der Waals surface area contributed by atoms with Gasteiger partial charge in [0.1, 0.15) is 24.7 Å². The second-order valence-corrected chi connectivity index (χ2v) is 5.53. The Balaban J connectivity index is 2.07. The molecule has 0 saturated carbocycles. The molecule has 0 unspecified atom stereocenters. The van der Waals surface area contributed by atoms with E-state index in [0.717, 1.165) is 33.8 Å². The number of benzene rings is 2. The first-order valence-corrected chi connectivity index (χ1v) is 8.00. The van der Waals surface area contributed by atoms with Crippen LogP contribution in [-0.4, -0.2) is 36.6 Å². The van der Waals surface area contributed by atoms with E-state index in [-0.39, 0.29) is 13.2 Å². The van der Waals surface area contributed by atoms with Gasteiger partial charge in [0, 0.05) is 0 Å². The molecule has 0 saturated heterocycles. The van der Waals surface area contributed by atoms with E-state index < -0.39 is 0 Å². The average Bonchev–Trinajstić information content (AvgIpc) is 2.58. The number of hydrogen-bond donors (Lipinski definition) is 2. The van der Waals surface area contributed by atoms with Crippen molar-refractivity contribution in [2.75, 3.05) is 26.4 Å². The maximum absolute atomic E-state index is 8.82. The molecule has 0 atom stereocenters. The van der Waals surface area contributed by atoms with Gasteiger partial charge in [-0.15, -0.1) is 0 Å². The highest BCUT2D eigenvalue weighted by Crippen LogP contribution is 2.22. The molecule has 0 amide bonds. The highest BCUT2D eigenvalue weighted by molar-refractivity contribution is 5.71. The van der Waals surface area contributed by atoms with E-state index in [9.17, 15) is 0 Å². The first kappa shape index (κ1) is 18.0. The zero-order valence-corrected chi connectivity index (χ0v) is 14.2. The second-order valence-electron chi connectivity index (χ2n) is 5.53. The van der Waals surface area contributed by atoms with Gasteiger partial charge in [-0.3, -0.25) is 0 Å². The van der Waals surface area contributed by atoms with Crippen LogP contribution in [0.1, 0.15) is 22.3 Å². The lowest BCUT2D eigenvalue weighted by Crippen LogP contribution is -2.02. The van der Waals surface area contributed by atoms with E-state index in [4.69, 9.17) is 19.7 Å². The first-order chi connectivity index (χ1) is 11.6. The zero-order valence-electron chi connectivity index (χ0n) is 14.2. The first-order valence-electron chi connectivity index (χ1n) is 8.00. The van der Waals surface area contributed by atoms with Crippen molar-refractivity contribution in [3.05, 3.63) is 58.7 Å². The predicted molar refractivity (Wildman–Crippen MR) is 96.4 cm³/mol. The van der Waals surface area contributed by atoms with Gasteiger partial charge in [-0.1, -0.05) is 24.3 Å². The third-order valence-electron chi connectivity index (χ3n) is 3.56. The van der Waals surface area contributed by atoms with Gasteiger partial charge in [0.15, 0.2) is 0 Å². The van der Waals surface area contributed by atoms with Gasteiger partial charge in [-0.05, 0) is 60.4 Å². The Morgan fingerprint density at radius 2 is 1.17 bits per heavy atom. The smallest absolute Gasteiger partial charge is 0.122 e. The molecule has 2 rings (SSSR count). The molecular weight excluding hydrogens is 304 g/mol. The summed E-state index contributed by atoms with van der Waals surface area (Å²) in [5, 5.41) is 17.6. The van der Waals surface area contributed by atoms with Gasteiger partial charge in [-0.25, -0.2) is 0 Å². The molecule has 24 heavy (non-hydrogen) atoms. The van der Waals surface area contributed by atoms with Crippen LogP contribution < -0.4 is 9.47 Å². The molecule has 0 bridgehead atoms. The summed E-state index contributed by atoms with van der Waals surface area (Å²) in [6, 6.07) is 11.9. The zero-order chi connectivity index (χ0) is 17.4. The van der Waals surface area contributed by atoms with E-state index >= 15 is 0 Å². The highest BCUT2D eigenvalue weighted by atomic mass is 16.5. The predicted octanol–water partition coefficient (Wildman–Crippen LogP) is 3.22. The summed E-state index contributed by atoms with van der Waals surface area (Å²) in [6.45, 7) is 4.61. The number of rotatable bonds is 8. The topological polar surface area (TPSA) is 58.9 Å². The van der Waals surface area contributed by atoms with Gasteiger partial charge in [-0.2, -0.15) is 0 Å². The van der Waals surface area contributed by atoms with Gasteiger partial charge in [0.25, 0.3) is 0 Å². The van der Waals surface area contributed by atoms with Crippen molar-refractivity contribution in [1.82, 2.24) is 0 Å². The third-order valence-corrected chi connectivity index (χ3v) is 3.56. The Morgan fingerprint density at radius 3 is 1.50 bits per heavy atom. The number of aryl methyl sites for hydroxylation is 2. The number of aliphatic hydroxyl groups is 2. The van der Waals surface area contributed by atoms with E-state index in [1.54, 1.807) is 0 Å². The summed E-state index contributed by atoms with van der Waals surface area (Å²) in [5.74, 6) is 1.59. The Kier molecular flexibility index (Phi) is 6.85. The molecule has 0 fully saturated rings. The molecule has 0 radical (unpaired) electrons. The Morgan fingerprint density at radius 1 is 0.750 bits per heavy atom. The van der Waals surface area contributed by atoms with Crippen LogP contribution in [0.5, 0.6) is 11.5 Å². The third kappa shape index (κ3) is 5.11. The minimum atomic E-state index is 0.0124. The molecule has 0 aliphatic carbocycles. The largest absolute Gasteiger partial charge is 0.491 e. The summed E-state index contributed by atoms with van der Waals surface area (Å²) in [5.41, 5.74) is 4.24. The molecule has 4 heteroatoms. The van der Waals surface area contributed by atoms with E-state index in [2.05, 4.69) is 12.1 Å². The fourth-order valence-electron chi connectivity index (χ4n) is 2.38. The van der Waals surface area contributed by atoms with Crippen molar-refractivity contribution < 1.29 is 19.7 Å². The van der Waals surface area contributed by atoms with Crippen LogP contribution in [0.25, 0.3) is 12.2 Å². The van der Waals surface area contributed by atoms with Crippen molar-refractivity contribution in [3.63, 3.8) is 0 Å². The van der Waals surface area contributed by atoms with Crippen LogP contribution >= 0.6 is 0 Å². The van der Waals surface area contributed by atoms with Crippen molar-refractivity contribution in [2.45, 2.75) is 13.8 Å². The van der Waals surface area contributed by atoms with Crippen LogP contribution in [-0.2, 0) is 0 Å². The molecule has 2 aromatic carbocycles. The maximum atomic E-state index is 8.82. The molecular formula is C20H24O4. The summed E-state index contributed by atoms with van der Waals surface area (Å²) in [7, 11) is 0. The lowest BCUT2D eigenvalue weighted by Gasteiger charge is -2.09. The fraction of sp³-hybridized carbons (Fsp3) is 0.300. The monoisotopic (exact) mass is 328 g/mol. The molecule has 0 aliphatic rings. The van der Waals surface area contributed by atoms with E-state index in [0.29, 0.717) is 13.2 Å². The van der Waals surface area contributed by atoms with Crippen LogP contribution in [0.15, 0.2) is 36.4 Å². The number of ether oxygens (including phenoxy) is 2. The molecule has 2 aromatic rings. The fourth-order valence-corrected chi connectivity index (χ4v) is 2.38. The Labute approximate surface area is 143 Å². The SMILES string of the molecule is Cc1cc(C=Cc2ccc(OCCO)c(C)c2)ccc1OCCO. The normalized spacial score (nSPS) is 11.0. The van der Waals surface area contributed by atoms with Gasteiger partial charge >= 0.3 is 0 Å². The van der Waals surface area contributed by atoms with Gasteiger partial charge < -0.3 is 19.7 Å². The summed E-state index contributed by atoms with van der Waals surface area (Å²) < 4.78 is 10.9. The van der Waals surface area contributed by atoms with Crippen LogP contribution in [0.3, 0.4) is 0 Å². The minimum Gasteiger partial charge on any atom is -0.491 e. The van der Waals surface area contributed by atoms with Crippen molar-refractivity contribution in [1.29, 1.82) is 0 Å². The highest BCUT2D eigenvalue weighted by Gasteiger charge is 2.01. The molecule has 4 nitrogen and oxygen atoms in total. The van der Waals surface area contributed by atoms with Crippen molar-refractivity contribution in [3.8, 4) is 11.5 Å². The lowest BCUT2D eigenvalue weighted by atomic mass is 10.1. The maximum Gasteiger partial charge on any atom is 0.122 e. The Bertz CT molecular complexity index is 633. The standard InChI is InChI=1S/C20H24O4/c1-15-13-17(5-7-19(15)23-11-9-21)3-4-18-6-8-20(16(2)14-18)24-12-10-22/h3-8,13-14,21-22H,9-12H2,1-2H3. The van der Waals surface area contributed by atoms with Crippen molar-refractivity contribution >= 4 is 12.2 Å². The molecule has 128 valence electrons. The minimum absolute atomic E-state index is 0.0124. The summed E-state index contributed by atoms with van der Waals surface area (Å²) in [4.78, 5) is 0. The molecule has 2 N–H and O–H groups in total. The number of aliphatic hydroxyl groups excluding tert-OH is 2. The quantitative estimate of drug-likeness (QED) is 0.731. The van der Waals surface area contributed by atoms with E-state index in [1.165, 1.54) is 0 Å². The van der Waals surface area contributed by atoms with Crippen LogP contribution in [0.2, 0.25) is 0 Å². The summed E-state index contributed by atoms with van der Waals surface area (Å²) >= 11 is 0. The van der Waals surface area contributed by atoms with Crippen LogP contribution in [0.4, 0.5) is 0 Å². The van der Waals surface area contributed by atoms with Gasteiger partial charge in [0.05, 0.1) is 13.2 Å². The molecule has 0 aromatic heterocycles. The molecule has 0 aliphatic heterocycles. The van der Waals surface area contributed by atoms with Gasteiger partial charge in [0.2, 0.25) is 0 Å².